The lowest BCUT2D eigenvalue weighted by Gasteiger charge is -2.08. The molecule has 1 aliphatic heterocycles. The van der Waals surface area contributed by atoms with E-state index in [0.29, 0.717) is 0 Å². The Balaban J connectivity index is 1.92. The largest absolute Gasteiger partial charge is 0.384 e. The van der Waals surface area contributed by atoms with E-state index in [2.05, 4.69) is 20.2 Å². The highest BCUT2D eigenvalue weighted by atomic mass is 32.2. The average molecular weight is 276 g/mol. The third-order valence-corrected chi connectivity index (χ3v) is 4.27. The highest BCUT2D eigenvalue weighted by molar-refractivity contribution is 7.92. The molecule has 0 radical (unpaired) electrons. The number of sulfonamides is 1. The van der Waals surface area contributed by atoms with Crippen LogP contribution in [0.4, 0.5) is 11.5 Å². The lowest BCUT2D eigenvalue weighted by molar-refractivity contribution is 0.601. The molecule has 0 atom stereocenters. The zero-order chi connectivity index (χ0) is 13.3. The van der Waals surface area contributed by atoms with Gasteiger partial charge in [-0.3, -0.25) is 4.72 Å². The van der Waals surface area contributed by atoms with Crippen LogP contribution < -0.4 is 10.0 Å². The Morgan fingerprint density at radius 3 is 2.95 bits per heavy atom. The summed E-state index contributed by atoms with van der Waals surface area (Å²) >= 11 is 0. The number of anilines is 2. The van der Waals surface area contributed by atoms with Gasteiger partial charge in [0.25, 0.3) is 10.0 Å². The van der Waals surface area contributed by atoms with Crippen molar-refractivity contribution < 1.29 is 8.42 Å². The number of benzene rings is 1. The van der Waals surface area contributed by atoms with Gasteiger partial charge in [0.2, 0.25) is 0 Å². The second-order valence-electron chi connectivity index (χ2n) is 4.21. The normalized spacial score (nSPS) is 13.7. The van der Waals surface area contributed by atoms with E-state index in [-0.39, 0.29) is 10.7 Å². The van der Waals surface area contributed by atoms with Crippen LogP contribution in [0.15, 0.2) is 41.4 Å². The molecule has 3 rings (SSSR count). The number of nitrogens with one attached hydrogen (secondary N) is 2. The summed E-state index contributed by atoms with van der Waals surface area (Å²) in [5, 5.41) is 10.5. The quantitative estimate of drug-likeness (QED) is 0.881. The Morgan fingerprint density at radius 2 is 2.16 bits per heavy atom. The molecule has 19 heavy (non-hydrogen) atoms. The Labute approximate surface area is 110 Å². The van der Waals surface area contributed by atoms with Gasteiger partial charge in [-0.25, -0.2) is 8.42 Å². The number of hydrogen-bond acceptors (Lipinski definition) is 5. The zero-order valence-electron chi connectivity index (χ0n) is 10.00. The van der Waals surface area contributed by atoms with Gasteiger partial charge in [-0.1, -0.05) is 6.07 Å². The number of fused-ring (bicyclic) bond motifs is 1. The first-order valence-corrected chi connectivity index (χ1v) is 7.31. The smallest absolute Gasteiger partial charge is 0.263 e. The second-order valence-corrected chi connectivity index (χ2v) is 5.89. The van der Waals surface area contributed by atoms with Crippen molar-refractivity contribution in [3.05, 3.63) is 42.1 Å². The predicted octanol–water partition coefficient (Wildman–Crippen LogP) is 1.25. The maximum atomic E-state index is 12.2. The lowest BCUT2D eigenvalue weighted by Crippen LogP contribution is -2.14. The number of rotatable bonds is 3. The summed E-state index contributed by atoms with van der Waals surface area (Å²) in [7, 11) is -3.63. The summed E-state index contributed by atoms with van der Waals surface area (Å²) < 4.78 is 26.8. The molecule has 98 valence electrons. The topological polar surface area (TPSA) is 84.0 Å². The molecular weight excluding hydrogens is 264 g/mol. The van der Waals surface area contributed by atoms with Crippen LogP contribution in [0.5, 0.6) is 0 Å². The third-order valence-electron chi connectivity index (χ3n) is 2.91. The zero-order valence-corrected chi connectivity index (χ0v) is 10.8. The van der Waals surface area contributed by atoms with Gasteiger partial charge in [0.15, 0.2) is 5.82 Å². The molecular formula is C12H12N4O2S. The van der Waals surface area contributed by atoms with E-state index in [1.54, 1.807) is 24.3 Å². The summed E-state index contributed by atoms with van der Waals surface area (Å²) in [6, 6.07) is 8.25. The molecule has 0 aliphatic carbocycles. The standard InChI is InChI=1S/C12H12N4O2S/c17-19(18,16-12-2-1-6-14-15-12)10-4-3-9-5-7-13-11(9)8-10/h1-4,6,8,13H,5,7H2,(H,15,16). The summed E-state index contributed by atoms with van der Waals surface area (Å²) in [4.78, 5) is 0.214. The van der Waals surface area contributed by atoms with Gasteiger partial charge in [-0.15, -0.1) is 5.10 Å². The third kappa shape index (κ3) is 2.37. The van der Waals surface area contributed by atoms with Crippen LogP contribution in [0, 0.1) is 0 Å². The molecule has 2 heterocycles. The maximum Gasteiger partial charge on any atom is 0.263 e. The summed E-state index contributed by atoms with van der Waals surface area (Å²) in [6.07, 6.45) is 2.41. The fourth-order valence-corrected chi connectivity index (χ4v) is 3.01. The minimum Gasteiger partial charge on any atom is -0.384 e. The molecule has 0 spiro atoms. The first-order valence-electron chi connectivity index (χ1n) is 5.82. The van der Waals surface area contributed by atoms with Crippen LogP contribution in [0.2, 0.25) is 0 Å². The molecule has 6 nitrogen and oxygen atoms in total. The SMILES string of the molecule is O=S(=O)(Nc1cccnn1)c1ccc2c(c1)NCC2. The average Bonchev–Trinajstić information content (AvgIpc) is 2.86. The van der Waals surface area contributed by atoms with Crippen LogP contribution in [-0.4, -0.2) is 25.2 Å². The van der Waals surface area contributed by atoms with Crippen LogP contribution in [0.25, 0.3) is 0 Å². The van der Waals surface area contributed by atoms with E-state index in [9.17, 15) is 8.42 Å². The van der Waals surface area contributed by atoms with Gasteiger partial charge >= 0.3 is 0 Å². The van der Waals surface area contributed by atoms with Crippen LogP contribution >= 0.6 is 0 Å². The van der Waals surface area contributed by atoms with Gasteiger partial charge in [-0.2, -0.15) is 5.10 Å². The monoisotopic (exact) mass is 276 g/mol. The van der Waals surface area contributed by atoms with Gasteiger partial charge in [0.1, 0.15) is 0 Å². The fourth-order valence-electron chi connectivity index (χ4n) is 1.99. The Hall–Kier alpha value is -2.15. The van der Waals surface area contributed by atoms with E-state index < -0.39 is 10.0 Å². The van der Waals surface area contributed by atoms with Crippen molar-refractivity contribution in [3.8, 4) is 0 Å². The van der Waals surface area contributed by atoms with E-state index in [4.69, 9.17) is 0 Å². The molecule has 2 N–H and O–H groups in total. The van der Waals surface area contributed by atoms with Crippen LogP contribution in [0.3, 0.4) is 0 Å². The first-order chi connectivity index (χ1) is 9.15. The van der Waals surface area contributed by atoms with Crippen molar-refractivity contribution in [2.45, 2.75) is 11.3 Å². The molecule has 1 aromatic heterocycles. The van der Waals surface area contributed by atoms with E-state index in [1.807, 2.05) is 6.07 Å². The molecule has 0 fully saturated rings. The van der Waals surface area contributed by atoms with Gasteiger partial charge in [-0.05, 0) is 36.2 Å². The Morgan fingerprint density at radius 1 is 1.26 bits per heavy atom. The van der Waals surface area contributed by atoms with Gasteiger partial charge < -0.3 is 5.32 Å². The number of aromatic nitrogens is 2. The lowest BCUT2D eigenvalue weighted by atomic mass is 10.2. The molecule has 1 aromatic carbocycles. The Bertz CT molecular complexity index is 701. The second kappa shape index (κ2) is 4.51. The molecule has 0 saturated heterocycles. The Kier molecular flexibility index (Phi) is 2.83. The molecule has 0 unspecified atom stereocenters. The highest BCUT2D eigenvalue weighted by Crippen LogP contribution is 2.26. The molecule has 2 aromatic rings. The minimum absolute atomic E-state index is 0.205. The van der Waals surface area contributed by atoms with Crippen molar-refractivity contribution in [1.29, 1.82) is 0 Å². The molecule has 0 amide bonds. The predicted molar refractivity (Wildman–Crippen MR) is 71.5 cm³/mol. The first kappa shape index (κ1) is 11.9. The van der Waals surface area contributed by atoms with Crippen molar-refractivity contribution >= 4 is 21.5 Å². The van der Waals surface area contributed by atoms with E-state index >= 15 is 0 Å². The van der Waals surface area contributed by atoms with Gasteiger partial charge in [0, 0.05) is 18.4 Å². The highest BCUT2D eigenvalue weighted by Gasteiger charge is 2.18. The molecule has 7 heteroatoms. The van der Waals surface area contributed by atoms with Crippen molar-refractivity contribution in [2.75, 3.05) is 16.6 Å². The number of hydrogen-bond donors (Lipinski definition) is 2. The van der Waals surface area contributed by atoms with Crippen molar-refractivity contribution in [2.24, 2.45) is 0 Å². The minimum atomic E-state index is -3.63. The summed E-state index contributed by atoms with van der Waals surface area (Å²) in [5.41, 5.74) is 2.01. The van der Waals surface area contributed by atoms with Crippen molar-refractivity contribution in [3.63, 3.8) is 0 Å². The van der Waals surface area contributed by atoms with Crippen molar-refractivity contribution in [1.82, 2.24) is 10.2 Å². The molecule has 0 saturated carbocycles. The summed E-state index contributed by atoms with van der Waals surface area (Å²) in [6.45, 7) is 0.844. The number of nitrogens with zero attached hydrogens (tertiary/aromatic N) is 2. The molecule has 0 bridgehead atoms. The van der Waals surface area contributed by atoms with Crippen LogP contribution in [-0.2, 0) is 16.4 Å². The van der Waals surface area contributed by atoms with Crippen LogP contribution in [0.1, 0.15) is 5.56 Å². The van der Waals surface area contributed by atoms with Gasteiger partial charge in [0.05, 0.1) is 4.90 Å². The summed E-state index contributed by atoms with van der Waals surface area (Å²) in [5.74, 6) is 0.205. The molecule has 1 aliphatic rings. The van der Waals surface area contributed by atoms with E-state index in [1.165, 1.54) is 6.20 Å². The van der Waals surface area contributed by atoms with E-state index in [0.717, 1.165) is 24.2 Å². The maximum absolute atomic E-state index is 12.2. The fraction of sp³-hybridized carbons (Fsp3) is 0.167.